The smallest absolute Gasteiger partial charge is 0.328 e. The van der Waals surface area contributed by atoms with Gasteiger partial charge in [0.05, 0.1) is 0 Å². The van der Waals surface area contributed by atoms with Crippen LogP contribution >= 0.6 is 0 Å². The van der Waals surface area contributed by atoms with Gasteiger partial charge in [-0.25, -0.2) is 19.2 Å². The average molecular weight is 477 g/mol. The topological polar surface area (TPSA) is 156 Å². The molecule has 34 heavy (non-hydrogen) atoms. The summed E-state index contributed by atoms with van der Waals surface area (Å²) in [5.41, 5.74) is 3.12. The molecule has 4 N–H and O–H groups in total. The molecule has 10 nitrogen and oxygen atoms in total. The number of nitrogens with zero attached hydrogens (tertiary/aromatic N) is 2. The molecule has 0 atom stereocenters. The molecule has 1 fully saturated rings. The number of fused-ring (bicyclic) bond motifs is 1. The second-order valence-corrected chi connectivity index (χ2v) is 8.02. The molecule has 2 heterocycles. The minimum Gasteiger partial charge on any atom is -0.478 e. The van der Waals surface area contributed by atoms with Crippen molar-refractivity contribution in [1.82, 2.24) is 9.80 Å². The van der Waals surface area contributed by atoms with Gasteiger partial charge in [0.2, 0.25) is 0 Å². The molecule has 0 amide bonds. The van der Waals surface area contributed by atoms with Crippen molar-refractivity contribution >= 4 is 23.9 Å². The van der Waals surface area contributed by atoms with E-state index in [4.69, 9.17) is 20.4 Å². The van der Waals surface area contributed by atoms with Gasteiger partial charge in [-0.1, -0.05) is 24.3 Å². The summed E-state index contributed by atoms with van der Waals surface area (Å²) in [7, 11) is 2.24. The number of carboxylic acids is 4. The first-order valence-corrected chi connectivity index (χ1v) is 10.8. The van der Waals surface area contributed by atoms with Gasteiger partial charge in [-0.2, -0.15) is 0 Å². The van der Waals surface area contributed by atoms with Gasteiger partial charge in [-0.3, -0.25) is 4.90 Å². The zero-order valence-electron chi connectivity index (χ0n) is 19.2. The van der Waals surface area contributed by atoms with E-state index < -0.39 is 23.9 Å². The zero-order valence-corrected chi connectivity index (χ0v) is 19.2. The molecule has 0 aliphatic carbocycles. The van der Waals surface area contributed by atoms with Gasteiger partial charge >= 0.3 is 23.9 Å². The van der Waals surface area contributed by atoms with Crippen LogP contribution in [-0.2, 0) is 32.1 Å². The SMILES string of the molecule is CN1CCC(CN2CCc3ccccc3C2)CC1.O=C(O)/C=C/C(=O)O.O=C(O)/C=C/C(=O)O. The summed E-state index contributed by atoms with van der Waals surface area (Å²) in [6.07, 6.45) is 6.24. The monoisotopic (exact) mass is 476 g/mol. The van der Waals surface area contributed by atoms with E-state index in [9.17, 15) is 19.2 Å². The van der Waals surface area contributed by atoms with Crippen LogP contribution < -0.4 is 0 Å². The lowest BCUT2D eigenvalue weighted by molar-refractivity contribution is -0.134. The van der Waals surface area contributed by atoms with Crippen molar-refractivity contribution in [2.24, 2.45) is 5.92 Å². The summed E-state index contributed by atoms with van der Waals surface area (Å²) in [4.78, 5) is 43.3. The minimum absolute atomic E-state index is 0.558. The molecular formula is C24H32N2O8. The molecule has 0 unspecified atom stereocenters. The number of carbonyl (C=O) groups is 4. The van der Waals surface area contributed by atoms with Gasteiger partial charge in [-0.15, -0.1) is 0 Å². The van der Waals surface area contributed by atoms with Crippen molar-refractivity contribution in [2.75, 3.05) is 33.2 Å². The van der Waals surface area contributed by atoms with E-state index in [0.29, 0.717) is 24.3 Å². The molecule has 186 valence electrons. The summed E-state index contributed by atoms with van der Waals surface area (Å²) in [5.74, 6) is -4.11. The van der Waals surface area contributed by atoms with Crippen LogP contribution in [0.15, 0.2) is 48.6 Å². The quantitative estimate of drug-likeness (QED) is 0.447. The second-order valence-electron chi connectivity index (χ2n) is 8.02. The molecule has 1 saturated heterocycles. The van der Waals surface area contributed by atoms with Crippen molar-refractivity contribution in [2.45, 2.75) is 25.8 Å². The van der Waals surface area contributed by atoms with Gasteiger partial charge in [0.15, 0.2) is 0 Å². The van der Waals surface area contributed by atoms with Crippen molar-refractivity contribution < 1.29 is 39.6 Å². The van der Waals surface area contributed by atoms with E-state index >= 15 is 0 Å². The van der Waals surface area contributed by atoms with Crippen molar-refractivity contribution in [3.8, 4) is 0 Å². The lowest BCUT2D eigenvalue weighted by Gasteiger charge is -2.35. The van der Waals surface area contributed by atoms with Crippen LogP contribution in [0.25, 0.3) is 0 Å². The maximum Gasteiger partial charge on any atom is 0.328 e. The molecule has 1 aromatic carbocycles. The lowest BCUT2D eigenvalue weighted by Crippen LogP contribution is -2.39. The Kier molecular flexibility index (Phi) is 12.9. The molecule has 0 aromatic heterocycles. The van der Waals surface area contributed by atoms with Gasteiger partial charge in [-0.05, 0) is 56.4 Å². The fourth-order valence-corrected chi connectivity index (χ4v) is 3.60. The Morgan fingerprint density at radius 1 is 0.794 bits per heavy atom. The predicted molar refractivity (Wildman–Crippen MR) is 124 cm³/mol. The number of hydrogen-bond acceptors (Lipinski definition) is 6. The Balaban J connectivity index is 0.000000304. The Bertz CT molecular complexity index is 823. The molecule has 1 aromatic rings. The standard InChI is InChI=1S/C16H24N2.2C4H4O4/c1-17-9-6-14(7-10-17)12-18-11-8-15-4-2-3-5-16(15)13-18;2*5-3(6)1-2-4(7)8/h2-5,14H,6-13H2,1H3;2*1-2H,(H,5,6)(H,7,8)/b;2*2-1+. The number of hydrogen-bond donors (Lipinski definition) is 4. The fourth-order valence-electron chi connectivity index (χ4n) is 3.60. The Morgan fingerprint density at radius 3 is 1.68 bits per heavy atom. The van der Waals surface area contributed by atoms with Crippen LogP contribution in [0.2, 0.25) is 0 Å². The van der Waals surface area contributed by atoms with E-state index in [1.165, 1.54) is 52.0 Å². The molecule has 10 heteroatoms. The van der Waals surface area contributed by atoms with Crippen LogP contribution in [0.5, 0.6) is 0 Å². The molecule has 3 rings (SSSR count). The van der Waals surface area contributed by atoms with Crippen LogP contribution in [-0.4, -0.2) is 87.3 Å². The highest BCUT2D eigenvalue weighted by Gasteiger charge is 2.22. The molecule has 2 aliphatic heterocycles. The van der Waals surface area contributed by atoms with Gasteiger partial charge in [0, 0.05) is 43.9 Å². The van der Waals surface area contributed by atoms with Crippen molar-refractivity contribution in [1.29, 1.82) is 0 Å². The third-order valence-corrected chi connectivity index (χ3v) is 5.30. The number of carboxylic acid groups (broad SMARTS) is 4. The first-order valence-electron chi connectivity index (χ1n) is 10.8. The molecule has 0 saturated carbocycles. The number of benzene rings is 1. The summed E-state index contributed by atoms with van der Waals surface area (Å²) < 4.78 is 0. The van der Waals surface area contributed by atoms with E-state index in [2.05, 4.69) is 41.1 Å². The molecule has 2 aliphatic rings. The van der Waals surface area contributed by atoms with Crippen LogP contribution in [0, 0.1) is 5.92 Å². The van der Waals surface area contributed by atoms with Crippen LogP contribution in [0.4, 0.5) is 0 Å². The highest BCUT2D eigenvalue weighted by molar-refractivity contribution is 5.90. The second kappa shape index (κ2) is 15.4. The maximum atomic E-state index is 9.55. The van der Waals surface area contributed by atoms with Crippen molar-refractivity contribution in [3.05, 3.63) is 59.7 Å². The summed E-state index contributed by atoms with van der Waals surface area (Å²) in [5, 5.41) is 31.2. The van der Waals surface area contributed by atoms with Crippen LogP contribution in [0.1, 0.15) is 24.0 Å². The summed E-state index contributed by atoms with van der Waals surface area (Å²) in [6, 6.07) is 8.95. The molecular weight excluding hydrogens is 444 g/mol. The fraction of sp³-hybridized carbons (Fsp3) is 0.417. The third-order valence-electron chi connectivity index (χ3n) is 5.30. The van der Waals surface area contributed by atoms with Gasteiger partial charge in [0.1, 0.15) is 0 Å². The Hall–Kier alpha value is -3.50. The Labute approximate surface area is 198 Å². The minimum atomic E-state index is -1.26. The highest BCUT2D eigenvalue weighted by Crippen LogP contribution is 2.22. The third kappa shape index (κ3) is 13.1. The number of piperidine rings is 1. The maximum absolute atomic E-state index is 9.55. The van der Waals surface area contributed by atoms with E-state index in [1.54, 1.807) is 11.1 Å². The number of likely N-dealkylation sites (tertiary alicyclic amines) is 1. The summed E-state index contributed by atoms with van der Waals surface area (Å²) >= 11 is 0. The van der Waals surface area contributed by atoms with E-state index in [1.807, 2.05) is 0 Å². The van der Waals surface area contributed by atoms with Gasteiger partial charge in [0.25, 0.3) is 0 Å². The average Bonchev–Trinajstić information content (AvgIpc) is 2.79. The van der Waals surface area contributed by atoms with Crippen molar-refractivity contribution in [3.63, 3.8) is 0 Å². The van der Waals surface area contributed by atoms with Crippen LogP contribution in [0.3, 0.4) is 0 Å². The number of rotatable bonds is 6. The molecule has 0 radical (unpaired) electrons. The normalized spacial score (nSPS) is 16.6. The predicted octanol–water partition coefficient (Wildman–Crippen LogP) is 1.81. The largest absolute Gasteiger partial charge is 0.478 e. The van der Waals surface area contributed by atoms with Gasteiger partial charge < -0.3 is 25.3 Å². The number of aliphatic carboxylic acids is 4. The highest BCUT2D eigenvalue weighted by atomic mass is 16.4. The first kappa shape index (κ1) is 28.5. The lowest BCUT2D eigenvalue weighted by atomic mass is 9.94. The van der Waals surface area contributed by atoms with E-state index in [-0.39, 0.29) is 0 Å². The molecule has 0 spiro atoms. The summed E-state index contributed by atoms with van der Waals surface area (Å²) in [6.45, 7) is 6.30. The zero-order chi connectivity index (χ0) is 25.5. The first-order chi connectivity index (χ1) is 16.1. The molecule has 0 bridgehead atoms. The Morgan fingerprint density at radius 2 is 1.24 bits per heavy atom. The van der Waals surface area contributed by atoms with E-state index in [0.717, 1.165) is 5.92 Å².